The number of rotatable bonds is 3. The second-order valence-corrected chi connectivity index (χ2v) is 7.59. The van der Waals surface area contributed by atoms with Crippen LogP contribution in [0.2, 0.25) is 0 Å². The van der Waals surface area contributed by atoms with Crippen LogP contribution in [-0.4, -0.2) is 24.2 Å². The lowest BCUT2D eigenvalue weighted by Crippen LogP contribution is -2.41. The van der Waals surface area contributed by atoms with Crippen LogP contribution in [0.25, 0.3) is 0 Å². The van der Waals surface area contributed by atoms with Gasteiger partial charge in [0.05, 0.1) is 16.8 Å². The van der Waals surface area contributed by atoms with Crippen LogP contribution in [0.4, 0.5) is 10.1 Å². The van der Waals surface area contributed by atoms with E-state index >= 15 is 0 Å². The van der Waals surface area contributed by atoms with E-state index in [2.05, 4.69) is 5.32 Å². The van der Waals surface area contributed by atoms with Crippen LogP contribution in [-0.2, 0) is 9.31 Å². The van der Waals surface area contributed by atoms with Gasteiger partial charge >= 0.3 is 7.12 Å². The molecule has 1 N–H and O–H groups in total. The highest BCUT2D eigenvalue weighted by molar-refractivity contribution is 6.62. The van der Waals surface area contributed by atoms with E-state index in [4.69, 9.17) is 9.31 Å². The van der Waals surface area contributed by atoms with Gasteiger partial charge in [0.1, 0.15) is 5.82 Å². The average Bonchev–Trinajstić information content (AvgIpc) is 2.75. The molecule has 1 aliphatic heterocycles. The monoisotopic (exact) mass is 355 g/mol. The maximum absolute atomic E-state index is 13.7. The zero-order chi connectivity index (χ0) is 19.1. The summed E-state index contributed by atoms with van der Waals surface area (Å²) >= 11 is 0. The Morgan fingerprint density at radius 2 is 1.65 bits per heavy atom. The summed E-state index contributed by atoms with van der Waals surface area (Å²) in [6.45, 7) is 9.95. The summed E-state index contributed by atoms with van der Waals surface area (Å²) in [7, 11) is -0.462. The second kappa shape index (κ2) is 6.52. The number of halogens is 1. The van der Waals surface area contributed by atoms with Crippen LogP contribution in [0.5, 0.6) is 0 Å². The molecule has 1 heterocycles. The maximum atomic E-state index is 13.7. The molecule has 1 saturated heterocycles. The van der Waals surface area contributed by atoms with Gasteiger partial charge in [-0.15, -0.1) is 0 Å². The number of carbonyl (C=O) groups is 1. The van der Waals surface area contributed by atoms with Crippen molar-refractivity contribution in [1.82, 2.24) is 0 Å². The Morgan fingerprint density at radius 1 is 1.04 bits per heavy atom. The molecule has 136 valence electrons. The Kier molecular flexibility index (Phi) is 4.67. The van der Waals surface area contributed by atoms with E-state index < -0.39 is 30.0 Å². The minimum atomic E-state index is -0.546. The molecule has 2 aromatic rings. The molecule has 26 heavy (non-hydrogen) atoms. The number of nitrogens with one attached hydrogen (secondary N) is 1. The summed E-state index contributed by atoms with van der Waals surface area (Å²) < 4.78 is 25.9. The maximum Gasteiger partial charge on any atom is 0.495 e. The molecule has 6 heteroatoms. The van der Waals surface area contributed by atoms with Crippen molar-refractivity contribution in [2.75, 3.05) is 5.32 Å². The number of amides is 1. The molecule has 2 aromatic carbocycles. The van der Waals surface area contributed by atoms with Gasteiger partial charge in [0.15, 0.2) is 0 Å². The topological polar surface area (TPSA) is 47.6 Å². The smallest absolute Gasteiger partial charge is 0.399 e. The number of anilines is 1. The van der Waals surface area contributed by atoms with E-state index in [1.165, 1.54) is 12.1 Å². The fourth-order valence-corrected chi connectivity index (χ4v) is 2.83. The molecule has 1 amide bonds. The van der Waals surface area contributed by atoms with Crippen molar-refractivity contribution in [3.05, 3.63) is 59.4 Å². The summed E-state index contributed by atoms with van der Waals surface area (Å²) in [6, 6.07) is 11.4. The van der Waals surface area contributed by atoms with Crippen molar-refractivity contribution < 1.29 is 18.5 Å². The Bertz CT molecular complexity index is 835. The summed E-state index contributed by atoms with van der Waals surface area (Å²) in [6.07, 6.45) is 0. The molecule has 0 unspecified atom stereocenters. The third-order valence-electron chi connectivity index (χ3n) is 5.15. The van der Waals surface area contributed by atoms with Gasteiger partial charge in [-0.1, -0.05) is 18.2 Å². The molecule has 0 radical (unpaired) electrons. The standard InChI is InChI=1S/C20H23BFNO3/c1-13-12-14(23-18(24)15-8-6-7-9-17(15)22)10-11-16(13)21-25-19(2,3)20(4,5)26-21/h6-12H,1-5H3,(H,23,24). The van der Waals surface area contributed by atoms with Crippen LogP contribution in [0, 0.1) is 12.7 Å². The predicted molar refractivity (Wildman–Crippen MR) is 101 cm³/mol. The third kappa shape index (κ3) is 3.39. The van der Waals surface area contributed by atoms with Crippen molar-refractivity contribution in [1.29, 1.82) is 0 Å². The molecule has 0 spiro atoms. The van der Waals surface area contributed by atoms with Gasteiger partial charge in [-0.05, 0) is 69.9 Å². The highest BCUT2D eigenvalue weighted by Gasteiger charge is 2.52. The van der Waals surface area contributed by atoms with Crippen molar-refractivity contribution in [2.24, 2.45) is 0 Å². The molecule has 0 aromatic heterocycles. The van der Waals surface area contributed by atoms with Crippen molar-refractivity contribution in [3.8, 4) is 0 Å². The third-order valence-corrected chi connectivity index (χ3v) is 5.15. The highest BCUT2D eigenvalue weighted by Crippen LogP contribution is 2.36. The fraction of sp³-hybridized carbons (Fsp3) is 0.350. The van der Waals surface area contributed by atoms with Gasteiger partial charge < -0.3 is 14.6 Å². The van der Waals surface area contributed by atoms with Crippen LogP contribution >= 0.6 is 0 Å². The van der Waals surface area contributed by atoms with E-state index in [0.29, 0.717) is 5.69 Å². The first-order chi connectivity index (χ1) is 12.1. The molecular formula is C20H23BFNO3. The lowest BCUT2D eigenvalue weighted by molar-refractivity contribution is 0.00578. The van der Waals surface area contributed by atoms with Crippen LogP contribution in [0.3, 0.4) is 0 Å². The van der Waals surface area contributed by atoms with Gasteiger partial charge in [-0.2, -0.15) is 0 Å². The molecular weight excluding hydrogens is 332 g/mol. The van der Waals surface area contributed by atoms with Crippen molar-refractivity contribution >= 4 is 24.2 Å². The normalized spacial score (nSPS) is 18.0. The molecule has 0 atom stereocenters. The van der Waals surface area contributed by atoms with Crippen molar-refractivity contribution in [2.45, 2.75) is 45.8 Å². The first kappa shape index (κ1) is 18.6. The summed E-state index contributed by atoms with van der Waals surface area (Å²) in [5.74, 6) is -1.03. The minimum Gasteiger partial charge on any atom is -0.399 e. The molecule has 3 rings (SSSR count). The van der Waals surface area contributed by atoms with Gasteiger partial charge in [-0.3, -0.25) is 4.79 Å². The summed E-state index contributed by atoms with van der Waals surface area (Å²) in [5.41, 5.74) is 1.61. The number of hydrogen-bond acceptors (Lipinski definition) is 3. The Labute approximate surface area is 153 Å². The average molecular weight is 355 g/mol. The largest absolute Gasteiger partial charge is 0.495 e. The summed E-state index contributed by atoms with van der Waals surface area (Å²) in [4.78, 5) is 12.3. The zero-order valence-electron chi connectivity index (χ0n) is 15.7. The summed E-state index contributed by atoms with van der Waals surface area (Å²) in [5, 5.41) is 2.73. The Morgan fingerprint density at radius 3 is 2.23 bits per heavy atom. The molecule has 0 aliphatic carbocycles. The highest BCUT2D eigenvalue weighted by atomic mass is 19.1. The van der Waals surface area contributed by atoms with E-state index in [1.54, 1.807) is 18.2 Å². The lowest BCUT2D eigenvalue weighted by atomic mass is 9.76. The van der Waals surface area contributed by atoms with Crippen molar-refractivity contribution in [3.63, 3.8) is 0 Å². The van der Waals surface area contributed by atoms with E-state index in [-0.39, 0.29) is 5.56 Å². The lowest BCUT2D eigenvalue weighted by Gasteiger charge is -2.32. The van der Waals surface area contributed by atoms with E-state index in [1.807, 2.05) is 46.8 Å². The molecule has 1 aliphatic rings. The predicted octanol–water partition coefficient (Wildman–Crippen LogP) is 3.69. The van der Waals surface area contributed by atoms with Crippen LogP contribution in [0.1, 0.15) is 43.6 Å². The Balaban J connectivity index is 1.79. The molecule has 0 bridgehead atoms. The quantitative estimate of drug-likeness (QED) is 0.855. The SMILES string of the molecule is Cc1cc(NC(=O)c2ccccc2F)ccc1B1OC(C)(C)C(C)(C)O1. The zero-order valence-corrected chi connectivity index (χ0v) is 15.7. The van der Waals surface area contributed by atoms with Gasteiger partial charge in [-0.25, -0.2) is 4.39 Å². The number of benzene rings is 2. The number of aryl methyl sites for hydroxylation is 1. The first-order valence-corrected chi connectivity index (χ1v) is 8.63. The second-order valence-electron chi connectivity index (χ2n) is 7.59. The molecule has 4 nitrogen and oxygen atoms in total. The van der Waals surface area contributed by atoms with E-state index in [9.17, 15) is 9.18 Å². The van der Waals surface area contributed by atoms with E-state index in [0.717, 1.165) is 11.0 Å². The van der Waals surface area contributed by atoms with Gasteiger partial charge in [0.25, 0.3) is 5.91 Å². The van der Waals surface area contributed by atoms with Gasteiger partial charge in [0, 0.05) is 5.69 Å². The van der Waals surface area contributed by atoms with Gasteiger partial charge in [0.2, 0.25) is 0 Å². The first-order valence-electron chi connectivity index (χ1n) is 8.63. The fourth-order valence-electron chi connectivity index (χ4n) is 2.83. The molecule has 0 saturated carbocycles. The molecule has 1 fully saturated rings. The number of hydrogen-bond donors (Lipinski definition) is 1. The van der Waals surface area contributed by atoms with Crippen LogP contribution in [0.15, 0.2) is 42.5 Å². The van der Waals surface area contributed by atoms with Crippen LogP contribution < -0.4 is 10.8 Å². The Hall–Kier alpha value is -2.18. The number of carbonyl (C=O) groups excluding carboxylic acids is 1. The minimum absolute atomic E-state index is 0.0141.